The van der Waals surface area contributed by atoms with Crippen LogP contribution in [0.4, 0.5) is 5.82 Å². The number of ether oxygens (including phenoxy) is 1. The number of rotatable bonds is 4. The molecule has 0 saturated carbocycles. The topological polar surface area (TPSA) is 38.2 Å². The third-order valence-corrected chi connectivity index (χ3v) is 4.19. The molecule has 3 aromatic rings. The molecule has 0 unspecified atom stereocenters. The van der Waals surface area contributed by atoms with Crippen LogP contribution in [-0.4, -0.2) is 24.1 Å². The standard InChI is InChI=1S/C15H14ClN3OS/c1-19(9-10-3-5-11(20-2)6-4-10)13-12-7-8-21-14(12)18-15(16)17-13/h3-8H,9H2,1-2H3. The molecule has 1 aromatic carbocycles. The normalized spacial score (nSPS) is 10.8. The van der Waals surface area contributed by atoms with Crippen molar-refractivity contribution in [3.8, 4) is 5.75 Å². The number of aromatic nitrogens is 2. The number of anilines is 1. The van der Waals surface area contributed by atoms with E-state index in [1.54, 1.807) is 18.4 Å². The van der Waals surface area contributed by atoms with E-state index in [1.807, 2.05) is 42.8 Å². The Labute approximate surface area is 132 Å². The highest BCUT2D eigenvalue weighted by atomic mass is 35.5. The van der Waals surface area contributed by atoms with Crippen molar-refractivity contribution in [3.05, 3.63) is 46.6 Å². The molecule has 0 bridgehead atoms. The summed E-state index contributed by atoms with van der Waals surface area (Å²) in [5.41, 5.74) is 1.18. The van der Waals surface area contributed by atoms with Gasteiger partial charge in [0.15, 0.2) is 0 Å². The molecular formula is C15H14ClN3OS. The van der Waals surface area contributed by atoms with Gasteiger partial charge in [-0.1, -0.05) is 12.1 Å². The van der Waals surface area contributed by atoms with Crippen molar-refractivity contribution >= 4 is 39.0 Å². The molecule has 0 aliphatic heterocycles. The quantitative estimate of drug-likeness (QED) is 0.682. The number of halogens is 1. The molecule has 21 heavy (non-hydrogen) atoms. The molecule has 108 valence electrons. The highest BCUT2D eigenvalue weighted by Crippen LogP contribution is 2.29. The highest BCUT2D eigenvalue weighted by Gasteiger charge is 2.12. The lowest BCUT2D eigenvalue weighted by atomic mass is 10.2. The van der Waals surface area contributed by atoms with Crippen LogP contribution in [-0.2, 0) is 6.54 Å². The Balaban J connectivity index is 1.89. The zero-order valence-corrected chi connectivity index (χ0v) is 13.3. The number of fused-ring (bicyclic) bond motifs is 1. The minimum atomic E-state index is 0.279. The van der Waals surface area contributed by atoms with Gasteiger partial charge in [-0.15, -0.1) is 11.3 Å². The van der Waals surface area contributed by atoms with Crippen molar-refractivity contribution in [2.45, 2.75) is 6.54 Å². The maximum Gasteiger partial charge on any atom is 0.225 e. The maximum atomic E-state index is 6.01. The molecule has 0 aliphatic rings. The zero-order valence-electron chi connectivity index (χ0n) is 11.7. The van der Waals surface area contributed by atoms with Crippen LogP contribution in [0, 0.1) is 0 Å². The van der Waals surface area contributed by atoms with Crippen molar-refractivity contribution in [1.29, 1.82) is 0 Å². The van der Waals surface area contributed by atoms with Gasteiger partial charge in [0.25, 0.3) is 0 Å². The molecule has 0 atom stereocenters. The first kappa shape index (κ1) is 14.1. The SMILES string of the molecule is COc1ccc(CN(C)c2nc(Cl)nc3sccc23)cc1. The molecule has 0 aliphatic carbocycles. The van der Waals surface area contributed by atoms with E-state index in [0.29, 0.717) is 0 Å². The lowest BCUT2D eigenvalue weighted by Crippen LogP contribution is -2.18. The summed E-state index contributed by atoms with van der Waals surface area (Å²) >= 11 is 7.57. The molecule has 0 spiro atoms. The molecule has 0 saturated heterocycles. The number of thiophene rings is 1. The number of methoxy groups -OCH3 is 1. The van der Waals surface area contributed by atoms with Crippen LogP contribution in [0.3, 0.4) is 0 Å². The fourth-order valence-electron chi connectivity index (χ4n) is 2.19. The molecule has 0 radical (unpaired) electrons. The molecule has 0 fully saturated rings. The highest BCUT2D eigenvalue weighted by molar-refractivity contribution is 7.16. The van der Waals surface area contributed by atoms with Gasteiger partial charge < -0.3 is 9.64 Å². The summed E-state index contributed by atoms with van der Waals surface area (Å²) in [7, 11) is 3.66. The largest absolute Gasteiger partial charge is 0.497 e. The van der Waals surface area contributed by atoms with Gasteiger partial charge >= 0.3 is 0 Å². The summed E-state index contributed by atoms with van der Waals surface area (Å²) < 4.78 is 5.17. The number of benzene rings is 1. The van der Waals surface area contributed by atoms with Crippen LogP contribution in [0.25, 0.3) is 10.2 Å². The monoisotopic (exact) mass is 319 g/mol. The fraction of sp³-hybridized carbons (Fsp3) is 0.200. The van der Waals surface area contributed by atoms with E-state index in [2.05, 4.69) is 14.9 Å². The van der Waals surface area contributed by atoms with Crippen LogP contribution in [0.2, 0.25) is 5.28 Å². The van der Waals surface area contributed by atoms with Crippen LogP contribution < -0.4 is 9.64 Å². The number of hydrogen-bond acceptors (Lipinski definition) is 5. The Kier molecular flexibility index (Phi) is 3.94. The molecule has 0 amide bonds. The van der Waals surface area contributed by atoms with Gasteiger partial charge in [0, 0.05) is 13.6 Å². The van der Waals surface area contributed by atoms with Crippen molar-refractivity contribution in [1.82, 2.24) is 9.97 Å². The van der Waals surface area contributed by atoms with Crippen molar-refractivity contribution in [2.24, 2.45) is 0 Å². The summed E-state index contributed by atoms with van der Waals surface area (Å²) in [5.74, 6) is 1.70. The lowest BCUT2D eigenvalue weighted by Gasteiger charge is -2.19. The average Bonchev–Trinajstić information content (AvgIpc) is 2.95. The molecule has 0 N–H and O–H groups in total. The Morgan fingerprint density at radius 3 is 2.67 bits per heavy atom. The molecule has 4 nitrogen and oxygen atoms in total. The van der Waals surface area contributed by atoms with Gasteiger partial charge in [0.1, 0.15) is 16.4 Å². The first-order valence-electron chi connectivity index (χ1n) is 6.42. The van der Waals surface area contributed by atoms with E-state index < -0.39 is 0 Å². The minimum Gasteiger partial charge on any atom is -0.497 e. The minimum absolute atomic E-state index is 0.279. The zero-order chi connectivity index (χ0) is 14.8. The number of hydrogen-bond donors (Lipinski definition) is 0. The predicted octanol–water partition coefficient (Wildman–Crippen LogP) is 3.99. The summed E-state index contributed by atoms with van der Waals surface area (Å²) in [6, 6.07) is 10.0. The van der Waals surface area contributed by atoms with Gasteiger partial charge in [-0.05, 0) is 40.7 Å². The van der Waals surface area contributed by atoms with Gasteiger partial charge in [0.05, 0.1) is 12.5 Å². The van der Waals surface area contributed by atoms with E-state index in [1.165, 1.54) is 5.56 Å². The second-order valence-electron chi connectivity index (χ2n) is 4.66. The Morgan fingerprint density at radius 1 is 1.19 bits per heavy atom. The van der Waals surface area contributed by atoms with Crippen molar-refractivity contribution in [3.63, 3.8) is 0 Å². The smallest absolute Gasteiger partial charge is 0.225 e. The van der Waals surface area contributed by atoms with Crippen LogP contribution in [0.1, 0.15) is 5.56 Å². The summed E-state index contributed by atoms with van der Waals surface area (Å²) in [5, 5.41) is 3.31. The Bertz CT molecular complexity index is 757. The first-order valence-corrected chi connectivity index (χ1v) is 7.68. The molecule has 3 rings (SSSR count). The third-order valence-electron chi connectivity index (χ3n) is 3.22. The van der Waals surface area contributed by atoms with Gasteiger partial charge in [-0.3, -0.25) is 0 Å². The second-order valence-corrected chi connectivity index (χ2v) is 5.89. The second kappa shape index (κ2) is 5.87. The fourth-order valence-corrected chi connectivity index (χ4v) is 3.16. The van der Waals surface area contributed by atoms with E-state index in [9.17, 15) is 0 Å². The summed E-state index contributed by atoms with van der Waals surface area (Å²) in [6.07, 6.45) is 0. The summed E-state index contributed by atoms with van der Waals surface area (Å²) in [4.78, 5) is 11.6. The molecular weight excluding hydrogens is 306 g/mol. The average molecular weight is 320 g/mol. The van der Waals surface area contributed by atoms with Crippen LogP contribution in [0.5, 0.6) is 5.75 Å². The first-order chi connectivity index (χ1) is 10.2. The third kappa shape index (κ3) is 2.94. The summed E-state index contributed by atoms with van der Waals surface area (Å²) in [6.45, 7) is 0.738. The molecule has 2 heterocycles. The maximum absolute atomic E-state index is 6.01. The molecule has 2 aromatic heterocycles. The predicted molar refractivity (Wildman–Crippen MR) is 87.5 cm³/mol. The van der Waals surface area contributed by atoms with E-state index >= 15 is 0 Å². The Hall–Kier alpha value is -1.85. The van der Waals surface area contributed by atoms with Crippen molar-refractivity contribution < 1.29 is 4.74 Å². The molecule has 6 heteroatoms. The van der Waals surface area contributed by atoms with Gasteiger partial charge in [-0.25, -0.2) is 4.98 Å². The lowest BCUT2D eigenvalue weighted by molar-refractivity contribution is 0.414. The van der Waals surface area contributed by atoms with Gasteiger partial charge in [0.2, 0.25) is 5.28 Å². The van der Waals surface area contributed by atoms with E-state index in [-0.39, 0.29) is 5.28 Å². The van der Waals surface area contributed by atoms with Crippen LogP contribution in [0.15, 0.2) is 35.7 Å². The van der Waals surface area contributed by atoms with E-state index in [4.69, 9.17) is 16.3 Å². The van der Waals surface area contributed by atoms with Crippen LogP contribution >= 0.6 is 22.9 Å². The van der Waals surface area contributed by atoms with Gasteiger partial charge in [-0.2, -0.15) is 4.98 Å². The van der Waals surface area contributed by atoms with E-state index in [0.717, 1.165) is 28.3 Å². The Morgan fingerprint density at radius 2 is 1.95 bits per heavy atom. The number of nitrogens with zero attached hydrogens (tertiary/aromatic N) is 3. The van der Waals surface area contributed by atoms with Crippen molar-refractivity contribution in [2.75, 3.05) is 19.1 Å².